The van der Waals surface area contributed by atoms with Gasteiger partial charge in [-0.1, -0.05) is 6.07 Å². The Morgan fingerprint density at radius 1 is 1.16 bits per heavy atom. The van der Waals surface area contributed by atoms with Crippen LogP contribution in [0.1, 0.15) is 64.1 Å². The van der Waals surface area contributed by atoms with E-state index in [1.807, 2.05) is 12.1 Å². The lowest BCUT2D eigenvalue weighted by Crippen LogP contribution is -2.30. The summed E-state index contributed by atoms with van der Waals surface area (Å²) in [6, 6.07) is 10.1. The van der Waals surface area contributed by atoms with Gasteiger partial charge in [0.2, 0.25) is 0 Å². The summed E-state index contributed by atoms with van der Waals surface area (Å²) in [6.45, 7) is -2.63. The number of nitrogens with one attached hydrogen (secondary N) is 1. The second-order valence-electron chi connectivity index (χ2n) is 10.2. The smallest absolute Gasteiger partial charge is 0.387 e. The van der Waals surface area contributed by atoms with Crippen molar-refractivity contribution in [3.8, 4) is 16.9 Å². The number of nitrogens with zero attached hydrogens (tertiary/aromatic N) is 4. The van der Waals surface area contributed by atoms with Crippen LogP contribution in [0.3, 0.4) is 0 Å². The Morgan fingerprint density at radius 3 is 2.76 bits per heavy atom. The Hall–Kier alpha value is -3.92. The molecule has 1 N–H and O–H groups in total. The number of ether oxygens (including phenoxy) is 1. The highest BCUT2D eigenvalue weighted by Crippen LogP contribution is 2.53. The van der Waals surface area contributed by atoms with Crippen LogP contribution in [0.25, 0.3) is 16.6 Å². The van der Waals surface area contributed by atoms with Crippen molar-refractivity contribution in [2.45, 2.75) is 50.4 Å². The van der Waals surface area contributed by atoms with Crippen LogP contribution in [0.4, 0.5) is 13.2 Å². The minimum Gasteiger partial charge on any atom is -0.434 e. The summed E-state index contributed by atoms with van der Waals surface area (Å²) < 4.78 is 48.1. The van der Waals surface area contributed by atoms with Gasteiger partial charge in [-0.25, -0.2) is 8.91 Å². The molecule has 7 rings (SSSR count). The zero-order valence-corrected chi connectivity index (χ0v) is 20.5. The van der Waals surface area contributed by atoms with E-state index in [-0.39, 0.29) is 29.4 Å². The third kappa shape index (κ3) is 3.65. The lowest BCUT2D eigenvalue weighted by molar-refractivity contribution is -0.0505. The van der Waals surface area contributed by atoms with Crippen LogP contribution in [-0.4, -0.2) is 45.1 Å². The van der Waals surface area contributed by atoms with Crippen LogP contribution in [0.2, 0.25) is 0 Å². The predicted octanol–water partition coefficient (Wildman–Crippen LogP) is 5.05. The van der Waals surface area contributed by atoms with E-state index in [0.29, 0.717) is 41.4 Å². The SMILES string of the molecule is CN1C(=O)c2cccc(OC(F)F)c2C2CC1c1nn3ccc(-c4cnc(CNC5CC5)c(F)c4)cc3c12. The highest BCUT2D eigenvalue weighted by Gasteiger charge is 2.46. The molecule has 1 saturated carbocycles. The Bertz CT molecular complexity index is 1600. The summed E-state index contributed by atoms with van der Waals surface area (Å²) in [5.74, 6) is -1.000. The van der Waals surface area contributed by atoms with Crippen molar-refractivity contribution >= 4 is 11.4 Å². The Morgan fingerprint density at radius 2 is 2.00 bits per heavy atom. The highest BCUT2D eigenvalue weighted by atomic mass is 19.3. The quantitative estimate of drug-likeness (QED) is 0.386. The predicted molar refractivity (Wildman–Crippen MR) is 133 cm³/mol. The lowest BCUT2D eigenvalue weighted by Gasteiger charge is -2.23. The summed E-state index contributed by atoms with van der Waals surface area (Å²) in [5, 5.41) is 8.06. The molecule has 2 aliphatic carbocycles. The molecule has 2 unspecified atom stereocenters. The molecule has 7 nitrogen and oxygen atoms in total. The van der Waals surface area contributed by atoms with E-state index in [1.165, 1.54) is 12.1 Å². The third-order valence-electron chi connectivity index (χ3n) is 7.86. The lowest BCUT2D eigenvalue weighted by atomic mass is 9.88. The maximum Gasteiger partial charge on any atom is 0.387 e. The monoisotopic (exact) mass is 519 g/mol. The molecule has 10 heteroatoms. The van der Waals surface area contributed by atoms with Gasteiger partial charge in [0.15, 0.2) is 0 Å². The average molecular weight is 520 g/mol. The second kappa shape index (κ2) is 8.56. The fourth-order valence-electron chi connectivity index (χ4n) is 5.82. The molecule has 3 aromatic heterocycles. The van der Waals surface area contributed by atoms with Crippen LogP contribution in [0.15, 0.2) is 48.8 Å². The van der Waals surface area contributed by atoms with Gasteiger partial charge in [0.25, 0.3) is 5.91 Å². The molecule has 1 aliphatic heterocycles. The van der Waals surface area contributed by atoms with Crippen molar-refractivity contribution in [1.29, 1.82) is 0 Å². The summed E-state index contributed by atoms with van der Waals surface area (Å²) >= 11 is 0. The maximum atomic E-state index is 14.9. The third-order valence-corrected chi connectivity index (χ3v) is 7.86. The molecule has 0 saturated heterocycles. The second-order valence-corrected chi connectivity index (χ2v) is 10.2. The van der Waals surface area contributed by atoms with E-state index < -0.39 is 6.61 Å². The fraction of sp³-hybridized carbons (Fsp3) is 0.321. The van der Waals surface area contributed by atoms with Gasteiger partial charge in [-0.15, -0.1) is 0 Å². The molecule has 1 fully saturated rings. The first-order valence-corrected chi connectivity index (χ1v) is 12.6. The van der Waals surface area contributed by atoms with Crippen LogP contribution in [-0.2, 0) is 6.54 Å². The number of carbonyl (C=O) groups excluding carboxylic acids is 1. The van der Waals surface area contributed by atoms with Gasteiger partial charge in [-0.3, -0.25) is 9.78 Å². The standard InChI is InChI=1S/C28H24F3N5O2/c1-35-22-11-18(24-17(27(35)37)3-2-4-23(24)38-28(30)31)25-21-10-14(7-8-36(21)34-26(22)25)15-9-19(29)20(33-12-15)13-32-16-5-6-16/h2-4,7-10,12,16,18,22,28,32H,5-6,11,13H2,1H3. The topological polar surface area (TPSA) is 71.8 Å². The van der Waals surface area contributed by atoms with E-state index >= 15 is 0 Å². The number of aromatic nitrogens is 3. The highest BCUT2D eigenvalue weighted by molar-refractivity contribution is 5.98. The number of fused-ring (bicyclic) bond motifs is 9. The van der Waals surface area contributed by atoms with Gasteiger partial charge < -0.3 is 15.0 Å². The van der Waals surface area contributed by atoms with Crippen molar-refractivity contribution < 1.29 is 22.7 Å². The van der Waals surface area contributed by atoms with Gasteiger partial charge in [-0.2, -0.15) is 13.9 Å². The number of rotatable bonds is 6. The van der Waals surface area contributed by atoms with Gasteiger partial charge in [0.1, 0.15) is 11.6 Å². The van der Waals surface area contributed by atoms with E-state index in [0.717, 1.165) is 35.2 Å². The van der Waals surface area contributed by atoms with Crippen LogP contribution in [0.5, 0.6) is 5.75 Å². The Labute approximate surface area is 216 Å². The summed E-state index contributed by atoms with van der Waals surface area (Å²) in [4.78, 5) is 19.3. The molecule has 2 bridgehead atoms. The summed E-state index contributed by atoms with van der Waals surface area (Å²) in [5.41, 5.74) is 4.93. The van der Waals surface area contributed by atoms with Gasteiger partial charge in [0, 0.05) is 60.2 Å². The maximum absolute atomic E-state index is 14.9. The molecule has 4 aromatic rings. The number of hydrogen-bond acceptors (Lipinski definition) is 5. The summed E-state index contributed by atoms with van der Waals surface area (Å²) in [7, 11) is 1.71. The van der Waals surface area contributed by atoms with Crippen LogP contribution >= 0.6 is 0 Å². The molecule has 0 radical (unpaired) electrons. The molecule has 1 amide bonds. The minimum absolute atomic E-state index is 0.00470. The van der Waals surface area contributed by atoms with Gasteiger partial charge >= 0.3 is 6.61 Å². The van der Waals surface area contributed by atoms with Crippen LogP contribution in [0, 0.1) is 5.82 Å². The molecule has 1 aromatic carbocycles. The fourth-order valence-corrected chi connectivity index (χ4v) is 5.82. The zero-order valence-electron chi connectivity index (χ0n) is 20.5. The number of hydrogen-bond donors (Lipinski definition) is 1. The van der Waals surface area contributed by atoms with Gasteiger partial charge in [-0.05, 0) is 55.2 Å². The van der Waals surface area contributed by atoms with Crippen molar-refractivity contribution in [2.75, 3.05) is 7.05 Å². The number of benzene rings is 1. The first-order valence-electron chi connectivity index (χ1n) is 12.6. The van der Waals surface area contributed by atoms with Crippen molar-refractivity contribution in [2.24, 2.45) is 0 Å². The zero-order chi connectivity index (χ0) is 26.1. The molecule has 4 heterocycles. The minimum atomic E-state index is -3.02. The van der Waals surface area contributed by atoms with Crippen molar-refractivity contribution in [1.82, 2.24) is 24.8 Å². The van der Waals surface area contributed by atoms with E-state index in [2.05, 4.69) is 10.3 Å². The molecular formula is C28H24F3N5O2. The molecular weight excluding hydrogens is 495 g/mol. The number of alkyl halides is 2. The molecule has 194 valence electrons. The van der Waals surface area contributed by atoms with E-state index in [4.69, 9.17) is 9.84 Å². The normalized spacial score (nSPS) is 20.1. The molecule has 38 heavy (non-hydrogen) atoms. The molecule has 0 spiro atoms. The molecule has 2 atom stereocenters. The van der Waals surface area contributed by atoms with Crippen LogP contribution < -0.4 is 10.1 Å². The number of amides is 1. The van der Waals surface area contributed by atoms with Gasteiger partial charge in [0.05, 0.1) is 22.9 Å². The van der Waals surface area contributed by atoms with Crippen molar-refractivity contribution in [3.05, 3.63) is 82.7 Å². The van der Waals surface area contributed by atoms with E-state index in [9.17, 15) is 18.0 Å². The average Bonchev–Trinajstić information content (AvgIpc) is 3.57. The summed E-state index contributed by atoms with van der Waals surface area (Å²) in [6.07, 6.45) is 6.19. The number of carbonyl (C=O) groups is 1. The molecule has 3 aliphatic rings. The first kappa shape index (κ1) is 23.2. The number of halogens is 3. The Balaban J connectivity index is 1.34. The van der Waals surface area contributed by atoms with E-state index in [1.54, 1.807) is 41.0 Å². The largest absolute Gasteiger partial charge is 0.434 e. The first-order chi connectivity index (χ1) is 18.4. The van der Waals surface area contributed by atoms with Crippen molar-refractivity contribution in [3.63, 3.8) is 0 Å². The Kier molecular flexibility index (Phi) is 5.23. The number of pyridine rings is 2.